The van der Waals surface area contributed by atoms with E-state index in [0.29, 0.717) is 4.47 Å². The molecule has 1 unspecified atom stereocenters. The Morgan fingerprint density at radius 3 is 2.74 bits per heavy atom. The van der Waals surface area contributed by atoms with E-state index in [-0.39, 0.29) is 30.3 Å². The van der Waals surface area contributed by atoms with Gasteiger partial charge in [0.2, 0.25) is 5.91 Å². The summed E-state index contributed by atoms with van der Waals surface area (Å²) in [7, 11) is -4.61. The quantitative estimate of drug-likeness (QED) is 0.842. The third kappa shape index (κ3) is 3.24. The Kier molecular flexibility index (Phi) is 3.82. The molecule has 104 valence electrons. The van der Waals surface area contributed by atoms with E-state index in [9.17, 15) is 22.2 Å². The molecular weight excluding hydrogens is 341 g/mol. The largest absolute Gasteiger partial charge is 0.506 e. The Hall–Kier alpha value is -1.15. The summed E-state index contributed by atoms with van der Waals surface area (Å²) < 4.78 is 34.4. The number of rotatable bonds is 3. The van der Waals surface area contributed by atoms with Crippen molar-refractivity contribution in [1.29, 1.82) is 0 Å². The summed E-state index contributed by atoms with van der Waals surface area (Å²) in [6.07, 6.45) is -0.0517. The lowest BCUT2D eigenvalue weighted by Crippen LogP contribution is -2.25. The van der Waals surface area contributed by atoms with Crippen LogP contribution in [0.5, 0.6) is 5.75 Å². The van der Waals surface area contributed by atoms with Crippen LogP contribution in [0, 0.1) is 5.92 Å². The van der Waals surface area contributed by atoms with Crippen molar-refractivity contribution in [3.63, 3.8) is 0 Å². The summed E-state index contributed by atoms with van der Waals surface area (Å²) in [6, 6.07) is 4.68. The summed E-state index contributed by atoms with van der Waals surface area (Å²) in [5.74, 6) is -1.71. The van der Waals surface area contributed by atoms with Crippen LogP contribution in [0.3, 0.4) is 0 Å². The monoisotopic (exact) mass is 351 g/mol. The highest BCUT2D eigenvalue weighted by Gasteiger charge is 2.35. The number of carbonyl (C=O) groups is 1. The highest BCUT2D eigenvalue weighted by molar-refractivity contribution is 9.10. The lowest BCUT2D eigenvalue weighted by atomic mass is 10.1. The molecule has 5 nitrogen and oxygen atoms in total. The van der Waals surface area contributed by atoms with Gasteiger partial charge in [0.25, 0.3) is 0 Å². The minimum atomic E-state index is -4.61. The Bertz CT molecular complexity index is 599. The summed E-state index contributed by atoms with van der Waals surface area (Å²) in [6.45, 7) is 0.0676. The van der Waals surface area contributed by atoms with Gasteiger partial charge in [0.05, 0.1) is 5.75 Å². The van der Waals surface area contributed by atoms with Gasteiger partial charge in [-0.05, 0) is 28.1 Å². The first-order valence-corrected chi connectivity index (χ1v) is 7.82. The molecule has 0 saturated carbocycles. The van der Waals surface area contributed by atoms with E-state index < -0.39 is 21.9 Å². The predicted molar refractivity (Wildman–Crippen MR) is 71.2 cm³/mol. The Morgan fingerprint density at radius 2 is 2.16 bits per heavy atom. The minimum absolute atomic E-state index is 0.0517. The number of amides is 1. The van der Waals surface area contributed by atoms with Crippen molar-refractivity contribution in [2.24, 2.45) is 5.92 Å². The third-order valence-electron chi connectivity index (χ3n) is 2.88. The van der Waals surface area contributed by atoms with E-state index >= 15 is 0 Å². The molecule has 1 aliphatic rings. The predicted octanol–water partition coefficient (Wildman–Crippen LogP) is 1.81. The molecule has 1 N–H and O–H groups in total. The van der Waals surface area contributed by atoms with Crippen LogP contribution in [-0.4, -0.2) is 31.7 Å². The molecule has 1 aliphatic heterocycles. The standard InChI is InChI=1S/C11H11BrFNO4S/c12-8-2-1-3-9(15)11(8)14-5-7(4-10(14)16)6-19(13,17)18/h1-3,7,15H,4-6H2. The Morgan fingerprint density at radius 1 is 1.47 bits per heavy atom. The van der Waals surface area contributed by atoms with Gasteiger partial charge in [0.1, 0.15) is 11.4 Å². The molecule has 0 aliphatic carbocycles. The van der Waals surface area contributed by atoms with Crippen LogP contribution in [0.15, 0.2) is 22.7 Å². The molecule has 19 heavy (non-hydrogen) atoms. The van der Waals surface area contributed by atoms with Gasteiger partial charge in [-0.2, -0.15) is 8.42 Å². The summed E-state index contributed by atoms with van der Waals surface area (Å²) in [5, 5.41) is 9.77. The first-order chi connectivity index (χ1) is 8.78. The van der Waals surface area contributed by atoms with Gasteiger partial charge in [-0.15, -0.1) is 3.89 Å². The van der Waals surface area contributed by atoms with Crippen molar-refractivity contribution in [3.8, 4) is 5.75 Å². The number of nitrogens with zero attached hydrogens (tertiary/aromatic N) is 1. The fraction of sp³-hybridized carbons (Fsp3) is 0.364. The highest BCUT2D eigenvalue weighted by atomic mass is 79.9. The maximum atomic E-state index is 12.6. The van der Waals surface area contributed by atoms with Crippen LogP contribution in [0.1, 0.15) is 6.42 Å². The minimum Gasteiger partial charge on any atom is -0.506 e. The summed E-state index contributed by atoms with van der Waals surface area (Å²) in [5.41, 5.74) is 0.284. The number of phenols is 1. The first kappa shape index (κ1) is 14.3. The van der Waals surface area contributed by atoms with Crippen LogP contribution in [0.25, 0.3) is 0 Å². The Labute approximate surface area is 118 Å². The zero-order valence-electron chi connectivity index (χ0n) is 9.71. The first-order valence-electron chi connectivity index (χ1n) is 5.48. The molecule has 1 amide bonds. The van der Waals surface area contributed by atoms with Crippen LogP contribution in [0.4, 0.5) is 9.57 Å². The maximum absolute atomic E-state index is 12.6. The van der Waals surface area contributed by atoms with E-state index in [1.807, 2.05) is 0 Å². The van der Waals surface area contributed by atoms with Crippen molar-refractivity contribution >= 4 is 37.7 Å². The summed E-state index contributed by atoms with van der Waals surface area (Å²) in [4.78, 5) is 13.1. The molecule has 8 heteroatoms. The number of hydrogen-bond donors (Lipinski definition) is 1. The van der Waals surface area contributed by atoms with Gasteiger partial charge >= 0.3 is 10.2 Å². The number of hydrogen-bond acceptors (Lipinski definition) is 4. The number of phenolic OH excluding ortho intramolecular Hbond substituents is 1. The van der Waals surface area contributed by atoms with Crippen LogP contribution in [-0.2, 0) is 15.0 Å². The normalized spacial score (nSPS) is 20.0. The fourth-order valence-corrected chi connectivity index (χ4v) is 3.52. The van der Waals surface area contributed by atoms with E-state index in [4.69, 9.17) is 0 Å². The molecular formula is C11H11BrFNO4S. The molecule has 2 rings (SSSR count). The SMILES string of the molecule is O=C1CC(CS(=O)(=O)F)CN1c1c(O)cccc1Br. The maximum Gasteiger partial charge on any atom is 0.302 e. The molecule has 0 aromatic heterocycles. The zero-order chi connectivity index (χ0) is 14.2. The lowest BCUT2D eigenvalue weighted by molar-refractivity contribution is -0.117. The summed E-state index contributed by atoms with van der Waals surface area (Å²) >= 11 is 3.22. The molecule has 1 heterocycles. The van der Waals surface area contributed by atoms with Crippen molar-refractivity contribution in [2.45, 2.75) is 6.42 Å². The molecule has 1 saturated heterocycles. The van der Waals surface area contributed by atoms with Crippen molar-refractivity contribution < 1.29 is 22.2 Å². The Balaban J connectivity index is 2.26. The molecule has 1 atom stereocenters. The number of halogens is 2. The average Bonchev–Trinajstić information content (AvgIpc) is 2.56. The number of anilines is 1. The van der Waals surface area contributed by atoms with Crippen LogP contribution < -0.4 is 4.90 Å². The average molecular weight is 352 g/mol. The number of aromatic hydroxyl groups is 1. The molecule has 0 radical (unpaired) electrons. The molecule has 0 spiro atoms. The van der Waals surface area contributed by atoms with Gasteiger partial charge in [-0.1, -0.05) is 6.07 Å². The van der Waals surface area contributed by atoms with Gasteiger partial charge in [-0.25, -0.2) is 0 Å². The second kappa shape index (κ2) is 5.09. The third-order valence-corrected chi connectivity index (χ3v) is 4.38. The molecule has 0 bridgehead atoms. The number of benzene rings is 1. The highest BCUT2D eigenvalue weighted by Crippen LogP contribution is 2.38. The van der Waals surface area contributed by atoms with Crippen molar-refractivity contribution in [2.75, 3.05) is 17.2 Å². The van der Waals surface area contributed by atoms with Crippen LogP contribution in [0.2, 0.25) is 0 Å². The van der Waals surface area contributed by atoms with Crippen molar-refractivity contribution in [3.05, 3.63) is 22.7 Å². The van der Waals surface area contributed by atoms with E-state index in [1.54, 1.807) is 12.1 Å². The molecule has 1 fully saturated rings. The van der Waals surface area contributed by atoms with Gasteiger partial charge in [0.15, 0.2) is 0 Å². The molecule has 1 aromatic carbocycles. The smallest absolute Gasteiger partial charge is 0.302 e. The van der Waals surface area contributed by atoms with Gasteiger partial charge < -0.3 is 10.0 Å². The van der Waals surface area contributed by atoms with E-state index in [1.165, 1.54) is 11.0 Å². The number of para-hydroxylation sites is 1. The fourth-order valence-electron chi connectivity index (χ4n) is 2.16. The van der Waals surface area contributed by atoms with Crippen molar-refractivity contribution in [1.82, 2.24) is 0 Å². The lowest BCUT2D eigenvalue weighted by Gasteiger charge is -2.19. The van der Waals surface area contributed by atoms with Crippen LogP contribution >= 0.6 is 15.9 Å². The van der Waals surface area contributed by atoms with Gasteiger partial charge in [0, 0.05) is 23.4 Å². The molecule has 1 aromatic rings. The van der Waals surface area contributed by atoms with E-state index in [0.717, 1.165) is 0 Å². The topological polar surface area (TPSA) is 74.7 Å². The zero-order valence-corrected chi connectivity index (χ0v) is 12.1. The van der Waals surface area contributed by atoms with E-state index in [2.05, 4.69) is 15.9 Å². The number of carbonyl (C=O) groups excluding carboxylic acids is 1. The second-order valence-electron chi connectivity index (χ2n) is 4.39. The van der Waals surface area contributed by atoms with Gasteiger partial charge in [-0.3, -0.25) is 4.79 Å². The second-order valence-corrected chi connectivity index (χ2v) is 6.65.